The molecule has 3 rings (SSSR count). The Hall–Kier alpha value is -2.99. The molecule has 0 spiro atoms. The van der Waals surface area contributed by atoms with E-state index in [9.17, 15) is 9.59 Å². The molecule has 0 aliphatic heterocycles. The zero-order chi connectivity index (χ0) is 18.7. The number of hydrogen-bond donors (Lipinski definition) is 1. The van der Waals surface area contributed by atoms with Crippen LogP contribution in [0.5, 0.6) is 0 Å². The Kier molecular flexibility index (Phi) is 5.14. The molecule has 3 aromatic rings. The van der Waals surface area contributed by atoms with E-state index in [4.69, 9.17) is 11.6 Å². The van der Waals surface area contributed by atoms with E-state index in [0.29, 0.717) is 16.4 Å². The fraction of sp³-hybridized carbons (Fsp3) is 0.158. The van der Waals surface area contributed by atoms with Gasteiger partial charge >= 0.3 is 5.69 Å². The first-order chi connectivity index (χ1) is 12.4. The lowest BCUT2D eigenvalue weighted by atomic mass is 10.1. The maximum Gasteiger partial charge on any atom is 0.365 e. The Morgan fingerprint density at radius 2 is 1.88 bits per heavy atom. The van der Waals surface area contributed by atoms with Crippen molar-refractivity contribution in [3.8, 4) is 11.3 Å². The van der Waals surface area contributed by atoms with Crippen LogP contribution in [0, 0.1) is 13.8 Å². The number of amides is 1. The van der Waals surface area contributed by atoms with Gasteiger partial charge < -0.3 is 5.32 Å². The van der Waals surface area contributed by atoms with Gasteiger partial charge in [-0.25, -0.2) is 9.48 Å². The Morgan fingerprint density at radius 1 is 1.15 bits per heavy atom. The SMILES string of the molecule is Cc1cccc(NC(=O)Cn2ncc(-c3ccc(Cl)cc3)nc2=O)c1C. The zero-order valence-corrected chi connectivity index (χ0v) is 15.1. The number of aryl methyl sites for hydroxylation is 1. The number of carbonyl (C=O) groups is 1. The Labute approximate surface area is 155 Å². The summed E-state index contributed by atoms with van der Waals surface area (Å²) in [4.78, 5) is 28.4. The second kappa shape index (κ2) is 7.49. The van der Waals surface area contributed by atoms with E-state index in [1.165, 1.54) is 6.20 Å². The monoisotopic (exact) mass is 368 g/mol. The fourth-order valence-corrected chi connectivity index (χ4v) is 2.57. The van der Waals surface area contributed by atoms with Crippen LogP contribution in [0.15, 0.2) is 53.5 Å². The number of rotatable bonds is 4. The van der Waals surface area contributed by atoms with Crippen LogP contribution >= 0.6 is 11.6 Å². The average Bonchev–Trinajstić information content (AvgIpc) is 2.61. The quantitative estimate of drug-likeness (QED) is 0.767. The molecule has 2 aromatic carbocycles. The maximum absolute atomic E-state index is 12.2. The highest BCUT2D eigenvalue weighted by Crippen LogP contribution is 2.18. The summed E-state index contributed by atoms with van der Waals surface area (Å²) in [5.74, 6) is -0.339. The lowest BCUT2D eigenvalue weighted by Crippen LogP contribution is -2.31. The van der Waals surface area contributed by atoms with Gasteiger partial charge in [0.05, 0.1) is 11.9 Å². The summed E-state index contributed by atoms with van der Waals surface area (Å²) in [5.41, 5.74) is 3.34. The molecule has 6 nitrogen and oxygen atoms in total. The zero-order valence-electron chi connectivity index (χ0n) is 14.4. The van der Waals surface area contributed by atoms with Gasteiger partial charge in [-0.2, -0.15) is 10.1 Å². The molecule has 0 unspecified atom stereocenters. The van der Waals surface area contributed by atoms with Crippen molar-refractivity contribution >= 4 is 23.2 Å². The lowest BCUT2D eigenvalue weighted by molar-refractivity contribution is -0.117. The lowest BCUT2D eigenvalue weighted by Gasteiger charge is -2.10. The van der Waals surface area contributed by atoms with Crippen molar-refractivity contribution in [3.05, 3.63) is 75.3 Å². The van der Waals surface area contributed by atoms with Crippen LogP contribution in [-0.4, -0.2) is 20.7 Å². The normalized spacial score (nSPS) is 10.6. The van der Waals surface area contributed by atoms with E-state index < -0.39 is 5.69 Å². The molecule has 1 aromatic heterocycles. The Balaban J connectivity index is 1.76. The molecule has 0 radical (unpaired) electrons. The first-order valence-corrected chi connectivity index (χ1v) is 8.38. The molecule has 0 saturated carbocycles. The summed E-state index contributed by atoms with van der Waals surface area (Å²) >= 11 is 5.85. The van der Waals surface area contributed by atoms with Crippen LogP contribution in [0.1, 0.15) is 11.1 Å². The second-order valence-electron chi connectivity index (χ2n) is 5.88. The van der Waals surface area contributed by atoms with Gasteiger partial charge in [0.1, 0.15) is 6.54 Å². The largest absolute Gasteiger partial charge is 0.365 e. The number of benzene rings is 2. The first-order valence-electron chi connectivity index (χ1n) is 8.00. The summed E-state index contributed by atoms with van der Waals surface area (Å²) in [6.07, 6.45) is 1.45. The molecular weight excluding hydrogens is 352 g/mol. The number of anilines is 1. The molecule has 1 amide bonds. The highest BCUT2D eigenvalue weighted by Gasteiger charge is 2.10. The van der Waals surface area contributed by atoms with Gasteiger partial charge in [-0.1, -0.05) is 35.9 Å². The van der Waals surface area contributed by atoms with Crippen LogP contribution in [0.3, 0.4) is 0 Å². The molecular formula is C19H17ClN4O2. The van der Waals surface area contributed by atoms with E-state index >= 15 is 0 Å². The van der Waals surface area contributed by atoms with Crippen molar-refractivity contribution in [1.29, 1.82) is 0 Å². The van der Waals surface area contributed by atoms with Crippen LogP contribution in [0.25, 0.3) is 11.3 Å². The smallest absolute Gasteiger partial charge is 0.324 e. The summed E-state index contributed by atoms with van der Waals surface area (Å²) in [6, 6.07) is 12.6. The van der Waals surface area contributed by atoms with Gasteiger partial charge in [-0.3, -0.25) is 4.79 Å². The van der Waals surface area contributed by atoms with Gasteiger partial charge in [-0.05, 0) is 43.2 Å². The number of carbonyl (C=O) groups excluding carboxylic acids is 1. The van der Waals surface area contributed by atoms with Crippen molar-refractivity contribution in [3.63, 3.8) is 0 Å². The molecule has 0 fully saturated rings. The summed E-state index contributed by atoms with van der Waals surface area (Å²) in [7, 11) is 0. The third-order valence-electron chi connectivity index (χ3n) is 4.07. The molecule has 1 heterocycles. The third-order valence-corrected chi connectivity index (χ3v) is 4.32. The first kappa shape index (κ1) is 17.8. The molecule has 1 N–H and O–H groups in total. The van der Waals surface area contributed by atoms with Crippen molar-refractivity contribution in [2.75, 3.05) is 5.32 Å². The van der Waals surface area contributed by atoms with Gasteiger partial charge in [0.2, 0.25) is 5.91 Å². The Bertz CT molecular complexity index is 1010. The molecule has 0 saturated heterocycles. The molecule has 0 bridgehead atoms. The van der Waals surface area contributed by atoms with Crippen molar-refractivity contribution in [2.24, 2.45) is 0 Å². The minimum atomic E-state index is -0.589. The standard InChI is InChI=1S/C19H17ClN4O2/c1-12-4-3-5-16(13(12)2)22-18(25)11-24-19(26)23-17(10-21-24)14-6-8-15(20)9-7-14/h3-10H,11H2,1-2H3,(H,22,25). The van der Waals surface area contributed by atoms with Crippen LogP contribution in [-0.2, 0) is 11.3 Å². The number of hydrogen-bond acceptors (Lipinski definition) is 4. The van der Waals surface area contributed by atoms with Gasteiger partial charge in [0, 0.05) is 16.3 Å². The van der Waals surface area contributed by atoms with Crippen molar-refractivity contribution < 1.29 is 4.79 Å². The number of nitrogens with one attached hydrogen (secondary N) is 1. The predicted octanol–water partition coefficient (Wildman–Crippen LogP) is 3.21. The van der Waals surface area contributed by atoms with E-state index in [-0.39, 0.29) is 12.5 Å². The molecule has 0 aliphatic rings. The van der Waals surface area contributed by atoms with E-state index in [2.05, 4.69) is 15.4 Å². The van der Waals surface area contributed by atoms with E-state index in [1.807, 2.05) is 32.0 Å². The second-order valence-corrected chi connectivity index (χ2v) is 6.32. The number of halogens is 1. The molecule has 26 heavy (non-hydrogen) atoms. The topological polar surface area (TPSA) is 76.9 Å². The van der Waals surface area contributed by atoms with Crippen molar-refractivity contribution in [2.45, 2.75) is 20.4 Å². The number of aromatic nitrogens is 3. The fourth-order valence-electron chi connectivity index (χ4n) is 2.44. The molecule has 0 atom stereocenters. The Morgan fingerprint density at radius 3 is 2.58 bits per heavy atom. The summed E-state index contributed by atoms with van der Waals surface area (Å²) < 4.78 is 1.03. The van der Waals surface area contributed by atoms with Crippen LogP contribution in [0.4, 0.5) is 5.69 Å². The summed E-state index contributed by atoms with van der Waals surface area (Å²) in [6.45, 7) is 3.69. The van der Waals surface area contributed by atoms with Gasteiger partial charge in [0.15, 0.2) is 0 Å². The maximum atomic E-state index is 12.2. The minimum Gasteiger partial charge on any atom is -0.324 e. The van der Waals surface area contributed by atoms with E-state index in [1.54, 1.807) is 24.3 Å². The van der Waals surface area contributed by atoms with Crippen LogP contribution in [0.2, 0.25) is 5.02 Å². The minimum absolute atomic E-state index is 0.208. The molecule has 7 heteroatoms. The predicted molar refractivity (Wildman–Crippen MR) is 101 cm³/mol. The van der Waals surface area contributed by atoms with E-state index in [0.717, 1.165) is 21.4 Å². The third kappa shape index (κ3) is 3.97. The molecule has 0 aliphatic carbocycles. The highest BCUT2D eigenvalue weighted by molar-refractivity contribution is 6.30. The van der Waals surface area contributed by atoms with Gasteiger partial charge in [-0.15, -0.1) is 0 Å². The van der Waals surface area contributed by atoms with Gasteiger partial charge in [0.25, 0.3) is 0 Å². The van der Waals surface area contributed by atoms with Crippen molar-refractivity contribution in [1.82, 2.24) is 14.8 Å². The van der Waals surface area contributed by atoms with Crippen LogP contribution < -0.4 is 11.0 Å². The molecule has 132 valence electrons. The highest BCUT2D eigenvalue weighted by atomic mass is 35.5. The summed E-state index contributed by atoms with van der Waals surface area (Å²) in [5, 5.41) is 7.44. The average molecular weight is 369 g/mol. The number of nitrogens with zero attached hydrogens (tertiary/aromatic N) is 3.